The normalized spacial score (nSPS) is 16.7. The van der Waals surface area contributed by atoms with Gasteiger partial charge >= 0.3 is 0 Å². The Hall–Kier alpha value is -7.12. The molecule has 6 amide bonds. The van der Waals surface area contributed by atoms with Crippen molar-refractivity contribution < 1.29 is 48.2 Å². The van der Waals surface area contributed by atoms with Crippen LogP contribution >= 0.6 is 11.3 Å². The van der Waals surface area contributed by atoms with Crippen molar-refractivity contribution in [2.45, 2.75) is 103 Å². The van der Waals surface area contributed by atoms with Crippen LogP contribution in [0.5, 0.6) is 11.5 Å². The van der Waals surface area contributed by atoms with Gasteiger partial charge in [-0.3, -0.25) is 28.8 Å². The number of carbonyl (C=O) groups excluding carboxylic acids is 6. The highest BCUT2D eigenvalue weighted by Gasteiger charge is 2.44. The molecule has 0 saturated carbocycles. The number of phenols is 1. The second kappa shape index (κ2) is 22.7. The first kappa shape index (κ1) is 51.7. The molecule has 0 spiro atoms. The predicted molar refractivity (Wildman–Crippen MR) is 265 cm³/mol. The minimum absolute atomic E-state index is 0.0180. The van der Waals surface area contributed by atoms with Crippen LogP contribution in [0.15, 0.2) is 76.8 Å². The summed E-state index contributed by atoms with van der Waals surface area (Å²) in [4.78, 5) is 87.1. The van der Waals surface area contributed by atoms with Crippen LogP contribution in [0.2, 0.25) is 0 Å². The highest BCUT2D eigenvalue weighted by Crippen LogP contribution is 2.35. The van der Waals surface area contributed by atoms with E-state index in [0.29, 0.717) is 43.5 Å². The predicted octanol–water partition coefficient (Wildman–Crippen LogP) is 5.46. The van der Waals surface area contributed by atoms with Crippen LogP contribution in [0.25, 0.3) is 21.8 Å². The number of carbonyl (C=O) groups is 6. The third-order valence-electron chi connectivity index (χ3n) is 12.6. The fourth-order valence-electron chi connectivity index (χ4n) is 8.71. The molecule has 376 valence electrons. The minimum Gasteiger partial charge on any atom is -0.507 e. The van der Waals surface area contributed by atoms with Crippen LogP contribution in [0.3, 0.4) is 0 Å². The van der Waals surface area contributed by atoms with E-state index in [-0.39, 0.29) is 85.0 Å². The largest absolute Gasteiger partial charge is 0.507 e. The number of amides is 6. The van der Waals surface area contributed by atoms with Crippen LogP contribution in [-0.2, 0) is 32.1 Å². The van der Waals surface area contributed by atoms with Crippen LogP contribution in [0, 0.1) is 12.3 Å². The standard InChI is InChI=1S/C52H62N8O10S/c1-30-46(71-29-55-30)33-13-11-31(12-14-33)26-54-49(66)41-23-35(61)27-60(41)51(68)47(52(2,3)4)57-44(63)10-8-7-9-21-53-45(64)28-69-36-18-15-32-17-20-39(38(32)24-36)56-48(65)40-25-43(70-58-40)34-16-19-37(42(62)22-34)50(67)59(5)6/h11-16,18-19,22,24-25,29,35,39,41,47,61-62H,7-10,17,20-21,23,26-28H2,1-6H3,(H,53,64)(H,54,66)(H,56,65)(H,57,63)/t35-,39-,41+,47?/m1/s1. The lowest BCUT2D eigenvalue weighted by Gasteiger charge is -2.35. The number of aromatic nitrogens is 2. The van der Waals surface area contributed by atoms with Crippen molar-refractivity contribution in [3.63, 3.8) is 0 Å². The molecule has 0 radical (unpaired) electrons. The molecule has 3 heterocycles. The van der Waals surface area contributed by atoms with Gasteiger partial charge in [-0.2, -0.15) is 0 Å². The number of β-amino-alcohol motifs (C(OH)–C–C–N with tert-alkyl or cyclic N) is 1. The number of aliphatic hydroxyl groups excluding tert-OH is 1. The number of phenolic OH excluding ortho intramolecular Hbond substituents is 1. The first-order valence-electron chi connectivity index (χ1n) is 23.8. The highest BCUT2D eigenvalue weighted by atomic mass is 32.1. The molecule has 4 atom stereocenters. The SMILES string of the molecule is Cc1ncsc1-c1ccc(CNC(=O)[C@@H]2C[C@@H](O)CN2C(=O)C(NC(=O)CCCCCNC(=O)COc2ccc3c(c2)[C@H](NC(=O)c2cc(-c4ccc(C(=O)N(C)C)c(O)c4)on2)CC3)C(C)(C)C)cc1. The molecule has 1 fully saturated rings. The molecule has 7 rings (SSSR count). The van der Waals surface area contributed by atoms with E-state index in [9.17, 15) is 39.0 Å². The number of nitrogens with one attached hydrogen (secondary N) is 4. The number of nitrogens with zero attached hydrogens (tertiary/aromatic N) is 4. The number of rotatable bonds is 19. The third-order valence-corrected chi connectivity index (χ3v) is 13.6. The number of unbranched alkanes of at least 4 members (excludes halogenated alkanes) is 2. The maximum atomic E-state index is 14.0. The Kier molecular flexibility index (Phi) is 16.6. The molecular weight excluding hydrogens is 929 g/mol. The van der Waals surface area contributed by atoms with Gasteiger partial charge in [-0.1, -0.05) is 68.7 Å². The molecule has 19 heteroatoms. The average Bonchev–Trinajstić information content (AvgIpc) is 4.17. The summed E-state index contributed by atoms with van der Waals surface area (Å²) in [5, 5.41) is 36.6. The fourth-order valence-corrected chi connectivity index (χ4v) is 9.52. The smallest absolute Gasteiger partial charge is 0.273 e. The molecule has 71 heavy (non-hydrogen) atoms. The van der Waals surface area contributed by atoms with E-state index in [1.165, 1.54) is 28.0 Å². The molecule has 1 saturated heterocycles. The van der Waals surface area contributed by atoms with Crippen LogP contribution < -0.4 is 26.0 Å². The van der Waals surface area contributed by atoms with E-state index < -0.39 is 35.4 Å². The first-order valence-corrected chi connectivity index (χ1v) is 24.6. The number of fused-ring (bicyclic) bond motifs is 1. The van der Waals surface area contributed by atoms with E-state index in [4.69, 9.17) is 9.26 Å². The number of thiazole rings is 1. The molecule has 2 aromatic heterocycles. The summed E-state index contributed by atoms with van der Waals surface area (Å²) in [7, 11) is 3.17. The number of hydrogen-bond donors (Lipinski definition) is 6. The Morgan fingerprint density at radius 3 is 2.41 bits per heavy atom. The maximum Gasteiger partial charge on any atom is 0.273 e. The monoisotopic (exact) mass is 990 g/mol. The molecule has 3 aromatic carbocycles. The number of likely N-dealkylation sites (tertiary alicyclic amines) is 1. The van der Waals surface area contributed by atoms with E-state index in [1.807, 2.05) is 64.1 Å². The molecule has 5 aromatic rings. The molecule has 1 aliphatic carbocycles. The van der Waals surface area contributed by atoms with Crippen molar-refractivity contribution in [2.75, 3.05) is 33.8 Å². The van der Waals surface area contributed by atoms with Crippen molar-refractivity contribution in [1.29, 1.82) is 0 Å². The van der Waals surface area contributed by atoms with Gasteiger partial charge in [-0.05, 0) is 84.5 Å². The topological polar surface area (TPSA) is 246 Å². The summed E-state index contributed by atoms with van der Waals surface area (Å²) in [5.74, 6) is -1.74. The van der Waals surface area contributed by atoms with Gasteiger partial charge in [0.15, 0.2) is 18.1 Å². The van der Waals surface area contributed by atoms with Gasteiger partial charge in [-0.15, -0.1) is 11.3 Å². The van der Waals surface area contributed by atoms with Crippen molar-refractivity contribution in [1.82, 2.24) is 41.2 Å². The Balaban J connectivity index is 0.809. The number of aliphatic hydroxyl groups is 1. The highest BCUT2D eigenvalue weighted by molar-refractivity contribution is 7.13. The zero-order valence-electron chi connectivity index (χ0n) is 40.9. The Labute approximate surface area is 416 Å². The van der Waals surface area contributed by atoms with Crippen molar-refractivity contribution in [3.05, 3.63) is 106 Å². The fraction of sp³-hybridized carbons (Fsp3) is 0.423. The Morgan fingerprint density at radius 1 is 0.944 bits per heavy atom. The summed E-state index contributed by atoms with van der Waals surface area (Å²) in [6.07, 6.45) is 2.52. The maximum absolute atomic E-state index is 14.0. The number of benzene rings is 3. The number of ether oxygens (including phenoxy) is 1. The quantitative estimate of drug-likeness (QED) is 0.0565. The summed E-state index contributed by atoms with van der Waals surface area (Å²) >= 11 is 1.56. The lowest BCUT2D eigenvalue weighted by atomic mass is 9.85. The van der Waals surface area contributed by atoms with Gasteiger partial charge in [0.25, 0.3) is 17.7 Å². The van der Waals surface area contributed by atoms with Crippen molar-refractivity contribution in [2.24, 2.45) is 5.41 Å². The Morgan fingerprint density at radius 2 is 1.70 bits per heavy atom. The minimum atomic E-state index is -0.933. The van der Waals surface area contributed by atoms with Gasteiger partial charge < -0.3 is 50.5 Å². The van der Waals surface area contributed by atoms with E-state index in [2.05, 4.69) is 31.4 Å². The van der Waals surface area contributed by atoms with Crippen LogP contribution in [0.4, 0.5) is 0 Å². The van der Waals surface area contributed by atoms with E-state index in [0.717, 1.165) is 39.2 Å². The summed E-state index contributed by atoms with van der Waals surface area (Å²) in [6.45, 7) is 7.87. The van der Waals surface area contributed by atoms with Crippen molar-refractivity contribution in [3.8, 4) is 33.3 Å². The Bertz CT molecular complexity index is 2750. The van der Waals surface area contributed by atoms with Gasteiger partial charge in [0, 0.05) is 58.2 Å². The van der Waals surface area contributed by atoms with E-state index in [1.54, 1.807) is 43.1 Å². The molecule has 2 aliphatic rings. The molecule has 6 N–H and O–H groups in total. The molecular formula is C52H62N8O10S. The van der Waals surface area contributed by atoms with Gasteiger partial charge in [-0.25, -0.2) is 4.98 Å². The van der Waals surface area contributed by atoms with Gasteiger partial charge in [0.1, 0.15) is 23.6 Å². The lowest BCUT2D eigenvalue weighted by molar-refractivity contribution is -0.144. The summed E-state index contributed by atoms with van der Waals surface area (Å²) < 4.78 is 11.2. The average molecular weight is 991 g/mol. The molecule has 1 unspecified atom stereocenters. The zero-order chi connectivity index (χ0) is 51.0. The van der Waals surface area contributed by atoms with Gasteiger partial charge in [0.05, 0.1) is 33.8 Å². The third kappa shape index (κ3) is 13.0. The van der Waals surface area contributed by atoms with E-state index >= 15 is 0 Å². The number of aromatic hydroxyl groups is 1. The number of aryl methyl sites for hydroxylation is 2. The zero-order valence-corrected chi connectivity index (χ0v) is 41.7. The van der Waals surface area contributed by atoms with Crippen molar-refractivity contribution >= 4 is 46.8 Å². The second-order valence-corrected chi connectivity index (χ2v) is 20.2. The number of hydrogen-bond acceptors (Lipinski definition) is 13. The second-order valence-electron chi connectivity index (χ2n) is 19.3. The van der Waals surface area contributed by atoms with Gasteiger partial charge in [0.2, 0.25) is 17.7 Å². The summed E-state index contributed by atoms with van der Waals surface area (Å²) in [5.41, 5.74) is 6.53. The molecule has 0 bridgehead atoms. The molecule has 1 aliphatic heterocycles. The first-order chi connectivity index (χ1) is 33.9. The van der Waals surface area contributed by atoms with Crippen LogP contribution in [0.1, 0.15) is 109 Å². The molecule has 18 nitrogen and oxygen atoms in total. The lowest BCUT2D eigenvalue weighted by Crippen LogP contribution is -2.57. The summed E-state index contributed by atoms with van der Waals surface area (Å²) in [6, 6.07) is 17.1. The van der Waals surface area contributed by atoms with Crippen LogP contribution in [-0.4, -0.2) is 118 Å².